The summed E-state index contributed by atoms with van der Waals surface area (Å²) in [5.41, 5.74) is 1.49. The highest BCUT2D eigenvalue weighted by atomic mass is 32.1. The van der Waals surface area contributed by atoms with Gasteiger partial charge in [0.25, 0.3) is 0 Å². The van der Waals surface area contributed by atoms with Gasteiger partial charge < -0.3 is 15.0 Å². The quantitative estimate of drug-likeness (QED) is 0.619. The molecular weight excluding hydrogens is 436 g/mol. The molecule has 5 rings (SSSR count). The van der Waals surface area contributed by atoms with Gasteiger partial charge in [-0.15, -0.1) is 17.9 Å². The molecule has 0 spiro atoms. The minimum atomic E-state index is 0.0625. The topological polar surface area (TPSA) is 73.8 Å². The number of nitrogens with zero attached hydrogens (tertiary/aromatic N) is 5. The summed E-state index contributed by atoms with van der Waals surface area (Å²) in [6.07, 6.45) is 6.55. The molecule has 1 amide bonds. The monoisotopic (exact) mass is 470 g/mol. The van der Waals surface area contributed by atoms with Crippen LogP contribution in [-0.2, 0) is 28.9 Å². The Morgan fingerprint density at radius 1 is 1.06 bits per heavy atom. The van der Waals surface area contributed by atoms with E-state index in [1.54, 1.807) is 6.08 Å². The number of amides is 1. The van der Waals surface area contributed by atoms with Gasteiger partial charge in [0, 0.05) is 50.7 Å². The number of morpholine rings is 1. The van der Waals surface area contributed by atoms with Gasteiger partial charge in [-0.25, -0.2) is 9.97 Å². The molecule has 2 aromatic heterocycles. The predicted molar refractivity (Wildman–Crippen MR) is 132 cm³/mol. The second-order valence-electron chi connectivity index (χ2n) is 9.10. The van der Waals surface area contributed by atoms with E-state index >= 15 is 0 Å². The number of piperazine rings is 1. The number of carbonyl (C=O) groups excluding carboxylic acids is 1. The highest BCUT2D eigenvalue weighted by Crippen LogP contribution is 2.40. The van der Waals surface area contributed by atoms with E-state index in [1.807, 2.05) is 11.3 Å². The zero-order valence-electron chi connectivity index (χ0n) is 19.4. The molecule has 3 aliphatic rings. The summed E-state index contributed by atoms with van der Waals surface area (Å²) in [5.74, 6) is 2.09. The molecule has 0 radical (unpaired) electrons. The minimum Gasteiger partial charge on any atom is -0.379 e. The number of hydrogen-bond donors (Lipinski definition) is 1. The third-order valence-electron chi connectivity index (χ3n) is 6.79. The van der Waals surface area contributed by atoms with Gasteiger partial charge in [-0.1, -0.05) is 6.08 Å². The first-order valence-electron chi connectivity index (χ1n) is 12.2. The number of carbonyl (C=O) groups is 1. The first kappa shape index (κ1) is 22.7. The van der Waals surface area contributed by atoms with E-state index in [9.17, 15) is 4.79 Å². The highest BCUT2D eigenvalue weighted by Gasteiger charge is 2.27. The van der Waals surface area contributed by atoms with Crippen LogP contribution in [0.3, 0.4) is 0 Å². The second-order valence-corrected chi connectivity index (χ2v) is 10.2. The molecule has 0 bridgehead atoms. The van der Waals surface area contributed by atoms with Crippen LogP contribution < -0.4 is 10.2 Å². The molecule has 2 aromatic rings. The molecule has 178 valence electrons. The van der Waals surface area contributed by atoms with Gasteiger partial charge in [0.05, 0.1) is 31.7 Å². The van der Waals surface area contributed by atoms with Crippen molar-refractivity contribution in [3.05, 3.63) is 28.9 Å². The van der Waals surface area contributed by atoms with Gasteiger partial charge in [0.1, 0.15) is 16.5 Å². The Labute approximate surface area is 199 Å². The third kappa shape index (κ3) is 5.21. The van der Waals surface area contributed by atoms with Crippen LogP contribution in [0.5, 0.6) is 0 Å². The molecule has 2 aliphatic heterocycles. The Hall–Kier alpha value is -2.07. The van der Waals surface area contributed by atoms with Gasteiger partial charge in [-0.2, -0.15) is 0 Å². The Morgan fingerprint density at radius 3 is 2.64 bits per heavy atom. The molecule has 0 atom stereocenters. The van der Waals surface area contributed by atoms with Crippen molar-refractivity contribution in [1.82, 2.24) is 25.1 Å². The number of anilines is 1. The van der Waals surface area contributed by atoms with Gasteiger partial charge >= 0.3 is 0 Å². The summed E-state index contributed by atoms with van der Waals surface area (Å²) < 4.78 is 5.51. The average Bonchev–Trinajstić information content (AvgIpc) is 3.22. The summed E-state index contributed by atoms with van der Waals surface area (Å²) in [6.45, 7) is 12.3. The number of hydrogen-bond acceptors (Lipinski definition) is 8. The van der Waals surface area contributed by atoms with E-state index in [4.69, 9.17) is 14.7 Å². The minimum absolute atomic E-state index is 0.0625. The maximum Gasteiger partial charge on any atom is 0.234 e. The number of nitrogens with one attached hydrogen (secondary N) is 1. The lowest BCUT2D eigenvalue weighted by molar-refractivity contribution is -0.122. The molecule has 0 aromatic carbocycles. The molecule has 33 heavy (non-hydrogen) atoms. The fraction of sp³-hybridized carbons (Fsp3) is 0.625. The van der Waals surface area contributed by atoms with Crippen LogP contribution in [0.25, 0.3) is 10.2 Å². The van der Waals surface area contributed by atoms with Crippen molar-refractivity contribution in [2.75, 3.05) is 70.5 Å². The van der Waals surface area contributed by atoms with E-state index in [0.717, 1.165) is 81.9 Å². The Morgan fingerprint density at radius 2 is 1.85 bits per heavy atom. The second kappa shape index (κ2) is 10.5. The zero-order chi connectivity index (χ0) is 22.6. The molecule has 8 nitrogen and oxygen atoms in total. The van der Waals surface area contributed by atoms with E-state index in [2.05, 4.69) is 26.6 Å². The Kier molecular flexibility index (Phi) is 7.20. The number of rotatable bonds is 7. The number of fused-ring (bicyclic) bond motifs is 3. The predicted octanol–water partition coefficient (Wildman–Crippen LogP) is 1.83. The van der Waals surface area contributed by atoms with Crippen molar-refractivity contribution in [3.8, 4) is 0 Å². The van der Waals surface area contributed by atoms with E-state index < -0.39 is 0 Å². The Balaban J connectivity index is 1.37. The fourth-order valence-electron chi connectivity index (χ4n) is 5.00. The smallest absolute Gasteiger partial charge is 0.234 e. The first-order valence-corrected chi connectivity index (χ1v) is 13.0. The highest BCUT2D eigenvalue weighted by molar-refractivity contribution is 7.19. The van der Waals surface area contributed by atoms with Crippen molar-refractivity contribution in [2.45, 2.75) is 32.2 Å². The first-order chi connectivity index (χ1) is 16.2. The van der Waals surface area contributed by atoms with Crippen LogP contribution in [0.2, 0.25) is 0 Å². The van der Waals surface area contributed by atoms with Crippen molar-refractivity contribution < 1.29 is 9.53 Å². The molecule has 0 unspecified atom stereocenters. The maximum absolute atomic E-state index is 12.1. The van der Waals surface area contributed by atoms with Gasteiger partial charge in [-0.3, -0.25) is 14.6 Å². The Bertz CT molecular complexity index is 994. The average molecular weight is 471 g/mol. The van der Waals surface area contributed by atoms with E-state index in [1.165, 1.54) is 35.1 Å². The molecule has 9 heteroatoms. The van der Waals surface area contributed by atoms with Crippen molar-refractivity contribution in [3.63, 3.8) is 0 Å². The molecule has 0 saturated carbocycles. The number of ether oxygens (including phenoxy) is 1. The SMILES string of the molecule is C=CCNC(=O)CN1CCN(c2nc(CN3CCOCC3)nc3sc4c(c23)CCCC4)CC1. The molecule has 4 heterocycles. The summed E-state index contributed by atoms with van der Waals surface area (Å²) in [5, 5.41) is 4.17. The van der Waals surface area contributed by atoms with Crippen LogP contribution >= 0.6 is 11.3 Å². The van der Waals surface area contributed by atoms with Crippen LogP contribution in [0.4, 0.5) is 5.82 Å². The number of thiophene rings is 1. The van der Waals surface area contributed by atoms with Gasteiger partial charge in [-0.05, 0) is 31.2 Å². The molecule has 2 saturated heterocycles. The lowest BCUT2D eigenvalue weighted by Crippen LogP contribution is -2.50. The molecule has 1 aliphatic carbocycles. The largest absolute Gasteiger partial charge is 0.379 e. The zero-order valence-corrected chi connectivity index (χ0v) is 20.2. The molecule has 1 N–H and O–H groups in total. The summed E-state index contributed by atoms with van der Waals surface area (Å²) in [4.78, 5) is 32.0. The van der Waals surface area contributed by atoms with E-state index in [0.29, 0.717) is 13.1 Å². The van der Waals surface area contributed by atoms with Crippen LogP contribution in [0.15, 0.2) is 12.7 Å². The lowest BCUT2D eigenvalue weighted by Gasteiger charge is -2.35. The fourth-order valence-corrected chi connectivity index (χ4v) is 6.28. The standard InChI is InChI=1S/C24H34N6O2S/c1-2-7-25-21(31)17-28-8-10-30(11-9-28)23-22-18-5-3-4-6-19(18)33-24(22)27-20(26-23)16-29-12-14-32-15-13-29/h2H,1,3-17H2,(H,25,31). The molecular formula is C24H34N6O2S. The van der Waals surface area contributed by atoms with Crippen molar-refractivity contribution in [1.29, 1.82) is 0 Å². The summed E-state index contributed by atoms with van der Waals surface area (Å²) in [6, 6.07) is 0. The van der Waals surface area contributed by atoms with E-state index in [-0.39, 0.29) is 5.91 Å². The van der Waals surface area contributed by atoms with Gasteiger partial charge in [0.2, 0.25) is 5.91 Å². The van der Waals surface area contributed by atoms with Crippen molar-refractivity contribution in [2.24, 2.45) is 0 Å². The maximum atomic E-state index is 12.1. The van der Waals surface area contributed by atoms with Gasteiger partial charge in [0.15, 0.2) is 0 Å². The summed E-state index contributed by atoms with van der Waals surface area (Å²) in [7, 11) is 0. The number of aromatic nitrogens is 2. The van der Waals surface area contributed by atoms with Crippen molar-refractivity contribution >= 4 is 33.3 Å². The third-order valence-corrected chi connectivity index (χ3v) is 7.98. The lowest BCUT2D eigenvalue weighted by atomic mass is 9.97. The van der Waals surface area contributed by atoms with Crippen LogP contribution in [0.1, 0.15) is 29.1 Å². The molecule has 2 fully saturated rings. The normalized spacial score (nSPS) is 20.1. The van der Waals surface area contributed by atoms with Crippen LogP contribution in [0, 0.1) is 0 Å². The van der Waals surface area contributed by atoms with Crippen LogP contribution in [-0.4, -0.2) is 91.2 Å². The number of aryl methyl sites for hydroxylation is 2. The summed E-state index contributed by atoms with van der Waals surface area (Å²) >= 11 is 1.88.